The molecule has 0 bridgehead atoms. The number of halogens is 1. The number of hydrazone groups is 1. The molecule has 5 nitrogen and oxygen atoms in total. The van der Waals surface area contributed by atoms with Crippen LogP contribution in [-0.2, 0) is 11.4 Å². The van der Waals surface area contributed by atoms with Gasteiger partial charge >= 0.3 is 0 Å². The molecule has 29 heavy (non-hydrogen) atoms. The highest BCUT2D eigenvalue weighted by atomic mass is 35.5. The van der Waals surface area contributed by atoms with Gasteiger partial charge in [-0.2, -0.15) is 5.10 Å². The lowest BCUT2D eigenvalue weighted by Gasteiger charge is -2.08. The summed E-state index contributed by atoms with van der Waals surface area (Å²) in [5, 5.41) is 4.62. The van der Waals surface area contributed by atoms with Gasteiger partial charge in [0.1, 0.15) is 18.1 Å². The minimum Gasteiger partial charge on any atom is -0.489 e. The van der Waals surface area contributed by atoms with Crippen molar-refractivity contribution < 1.29 is 14.3 Å². The SMILES string of the molecule is Cc1cccc(OCC(=O)N/N=C/c2ccc(OCc3ccccc3Cl)cc2)c1. The van der Waals surface area contributed by atoms with E-state index in [0.29, 0.717) is 17.4 Å². The molecule has 0 aliphatic heterocycles. The number of nitrogens with one attached hydrogen (secondary N) is 1. The minimum atomic E-state index is -0.331. The molecule has 3 aromatic rings. The summed E-state index contributed by atoms with van der Waals surface area (Å²) in [4.78, 5) is 11.8. The van der Waals surface area contributed by atoms with Crippen LogP contribution in [0.25, 0.3) is 0 Å². The van der Waals surface area contributed by atoms with Crippen LogP contribution in [0.5, 0.6) is 11.5 Å². The molecule has 0 radical (unpaired) electrons. The molecule has 6 heteroatoms. The fourth-order valence-corrected chi connectivity index (χ4v) is 2.68. The molecular weight excluding hydrogens is 388 g/mol. The van der Waals surface area contributed by atoms with E-state index in [2.05, 4.69) is 10.5 Å². The molecule has 1 amide bonds. The first-order valence-electron chi connectivity index (χ1n) is 9.08. The number of aryl methyl sites for hydroxylation is 1. The van der Waals surface area contributed by atoms with E-state index in [0.717, 1.165) is 22.4 Å². The molecule has 0 aromatic heterocycles. The zero-order valence-electron chi connectivity index (χ0n) is 16.0. The van der Waals surface area contributed by atoms with E-state index in [4.69, 9.17) is 21.1 Å². The predicted molar refractivity (Wildman–Crippen MR) is 115 cm³/mol. The average molecular weight is 409 g/mol. The lowest BCUT2D eigenvalue weighted by atomic mass is 10.2. The van der Waals surface area contributed by atoms with Crippen LogP contribution in [0.15, 0.2) is 77.9 Å². The van der Waals surface area contributed by atoms with Gasteiger partial charge < -0.3 is 9.47 Å². The molecule has 3 rings (SSSR count). The standard InChI is InChI=1S/C23H21ClN2O3/c1-17-5-4-7-21(13-17)29-16-23(27)26-25-14-18-9-11-20(12-10-18)28-15-19-6-2-3-8-22(19)24/h2-14H,15-16H2,1H3,(H,26,27)/b25-14+. The van der Waals surface area contributed by atoms with Crippen LogP contribution in [0.4, 0.5) is 0 Å². The Labute approximate surface area is 174 Å². The number of amides is 1. The van der Waals surface area contributed by atoms with Crippen LogP contribution < -0.4 is 14.9 Å². The Morgan fingerprint density at radius 3 is 2.55 bits per heavy atom. The Hall–Kier alpha value is -3.31. The molecule has 148 valence electrons. The molecule has 0 spiro atoms. The van der Waals surface area contributed by atoms with Gasteiger partial charge in [0.15, 0.2) is 6.61 Å². The van der Waals surface area contributed by atoms with Crippen molar-refractivity contribution in [3.8, 4) is 11.5 Å². The summed E-state index contributed by atoms with van der Waals surface area (Å²) in [6.07, 6.45) is 1.56. The molecule has 3 aromatic carbocycles. The highest BCUT2D eigenvalue weighted by Gasteiger charge is 2.02. The second-order valence-electron chi connectivity index (χ2n) is 6.35. The van der Waals surface area contributed by atoms with E-state index in [1.807, 2.05) is 73.7 Å². The van der Waals surface area contributed by atoms with E-state index in [-0.39, 0.29) is 12.5 Å². The summed E-state index contributed by atoms with van der Waals surface area (Å²) in [6, 6.07) is 22.4. The third kappa shape index (κ3) is 6.66. The van der Waals surface area contributed by atoms with E-state index >= 15 is 0 Å². The molecule has 0 saturated heterocycles. The van der Waals surface area contributed by atoms with Gasteiger partial charge in [-0.05, 0) is 60.5 Å². The quantitative estimate of drug-likeness (QED) is 0.432. The number of benzene rings is 3. The second kappa shape index (κ2) is 10.3. The first kappa shape index (κ1) is 20.4. The van der Waals surface area contributed by atoms with Gasteiger partial charge in [-0.1, -0.05) is 41.9 Å². The van der Waals surface area contributed by atoms with Gasteiger partial charge in [0.25, 0.3) is 5.91 Å². The molecule has 0 atom stereocenters. The van der Waals surface area contributed by atoms with Crippen molar-refractivity contribution in [2.24, 2.45) is 5.10 Å². The van der Waals surface area contributed by atoms with Gasteiger partial charge in [-0.15, -0.1) is 0 Å². The molecule has 0 aliphatic rings. The summed E-state index contributed by atoms with van der Waals surface area (Å²) < 4.78 is 11.2. The van der Waals surface area contributed by atoms with E-state index < -0.39 is 0 Å². The Bertz CT molecular complexity index is 987. The predicted octanol–water partition coefficient (Wildman–Crippen LogP) is 4.76. The highest BCUT2D eigenvalue weighted by molar-refractivity contribution is 6.31. The van der Waals surface area contributed by atoms with Crippen LogP contribution >= 0.6 is 11.6 Å². The van der Waals surface area contributed by atoms with E-state index in [1.165, 1.54) is 0 Å². The first-order valence-corrected chi connectivity index (χ1v) is 9.45. The molecule has 0 unspecified atom stereocenters. The zero-order valence-corrected chi connectivity index (χ0v) is 16.7. The summed E-state index contributed by atoms with van der Waals surface area (Å²) >= 11 is 6.12. The van der Waals surface area contributed by atoms with Crippen LogP contribution in [0.3, 0.4) is 0 Å². The Balaban J connectivity index is 1.43. The highest BCUT2D eigenvalue weighted by Crippen LogP contribution is 2.18. The van der Waals surface area contributed by atoms with Crippen molar-refractivity contribution in [1.82, 2.24) is 5.43 Å². The van der Waals surface area contributed by atoms with Crippen molar-refractivity contribution in [2.45, 2.75) is 13.5 Å². The second-order valence-corrected chi connectivity index (χ2v) is 6.75. The topological polar surface area (TPSA) is 59.9 Å². The van der Waals surface area contributed by atoms with E-state index in [9.17, 15) is 4.79 Å². The summed E-state index contributed by atoms with van der Waals surface area (Å²) in [5.74, 6) is 1.04. The number of hydrogen-bond acceptors (Lipinski definition) is 4. The molecular formula is C23H21ClN2O3. The lowest BCUT2D eigenvalue weighted by molar-refractivity contribution is -0.123. The fourth-order valence-electron chi connectivity index (χ4n) is 2.49. The van der Waals surface area contributed by atoms with Gasteiger partial charge in [0, 0.05) is 10.6 Å². The van der Waals surface area contributed by atoms with Crippen molar-refractivity contribution in [3.63, 3.8) is 0 Å². The average Bonchev–Trinajstić information content (AvgIpc) is 2.73. The van der Waals surface area contributed by atoms with Gasteiger partial charge in [0.05, 0.1) is 6.21 Å². The number of carbonyl (C=O) groups excluding carboxylic acids is 1. The fraction of sp³-hybridized carbons (Fsp3) is 0.130. The first-order chi connectivity index (χ1) is 14.1. The third-order valence-electron chi connectivity index (χ3n) is 3.99. The Morgan fingerprint density at radius 2 is 1.79 bits per heavy atom. The Kier molecular flexibility index (Phi) is 7.25. The third-order valence-corrected chi connectivity index (χ3v) is 4.36. The van der Waals surface area contributed by atoms with Gasteiger partial charge in [-0.25, -0.2) is 5.43 Å². The maximum atomic E-state index is 11.8. The molecule has 0 fully saturated rings. The molecule has 0 aliphatic carbocycles. The molecule has 0 saturated carbocycles. The maximum Gasteiger partial charge on any atom is 0.277 e. The molecule has 1 N–H and O–H groups in total. The van der Waals surface area contributed by atoms with Crippen molar-refractivity contribution >= 4 is 23.7 Å². The number of rotatable bonds is 8. The van der Waals surface area contributed by atoms with Crippen LogP contribution in [0.1, 0.15) is 16.7 Å². The lowest BCUT2D eigenvalue weighted by Crippen LogP contribution is -2.24. The normalized spacial score (nSPS) is 10.7. The summed E-state index contributed by atoms with van der Waals surface area (Å²) in [7, 11) is 0. The van der Waals surface area contributed by atoms with Crippen LogP contribution in [0.2, 0.25) is 5.02 Å². The number of ether oxygens (including phenoxy) is 2. The summed E-state index contributed by atoms with van der Waals surface area (Å²) in [6.45, 7) is 2.25. The summed E-state index contributed by atoms with van der Waals surface area (Å²) in [5.41, 5.74) is 5.27. The zero-order chi connectivity index (χ0) is 20.5. The number of nitrogens with zero attached hydrogens (tertiary/aromatic N) is 1. The number of carbonyl (C=O) groups is 1. The molecule has 0 heterocycles. The number of hydrogen-bond donors (Lipinski definition) is 1. The van der Waals surface area contributed by atoms with Gasteiger partial charge in [0.2, 0.25) is 0 Å². The van der Waals surface area contributed by atoms with Crippen molar-refractivity contribution in [3.05, 3.63) is 94.5 Å². The van der Waals surface area contributed by atoms with Crippen LogP contribution in [0, 0.1) is 6.92 Å². The largest absolute Gasteiger partial charge is 0.489 e. The monoisotopic (exact) mass is 408 g/mol. The minimum absolute atomic E-state index is 0.102. The van der Waals surface area contributed by atoms with E-state index in [1.54, 1.807) is 12.3 Å². The Morgan fingerprint density at radius 1 is 1.00 bits per heavy atom. The van der Waals surface area contributed by atoms with Crippen molar-refractivity contribution in [1.29, 1.82) is 0 Å². The smallest absolute Gasteiger partial charge is 0.277 e. The van der Waals surface area contributed by atoms with Crippen LogP contribution in [-0.4, -0.2) is 18.7 Å². The maximum absolute atomic E-state index is 11.8. The van der Waals surface area contributed by atoms with Crippen molar-refractivity contribution in [2.75, 3.05) is 6.61 Å². The van der Waals surface area contributed by atoms with Gasteiger partial charge in [-0.3, -0.25) is 4.79 Å².